The SMILES string of the molecule is Cc1ccc(CNCc2ncccc2C)cn1. The van der Waals surface area contributed by atoms with Crippen molar-refractivity contribution in [3.8, 4) is 0 Å². The van der Waals surface area contributed by atoms with Gasteiger partial charge in [-0.15, -0.1) is 0 Å². The van der Waals surface area contributed by atoms with Crippen LogP contribution in [-0.2, 0) is 13.1 Å². The van der Waals surface area contributed by atoms with Gasteiger partial charge >= 0.3 is 0 Å². The lowest BCUT2D eigenvalue weighted by molar-refractivity contribution is 0.674. The lowest BCUT2D eigenvalue weighted by Gasteiger charge is -2.06. The van der Waals surface area contributed by atoms with E-state index in [4.69, 9.17) is 0 Å². The summed E-state index contributed by atoms with van der Waals surface area (Å²) in [5.41, 5.74) is 4.58. The van der Waals surface area contributed by atoms with Crippen LogP contribution >= 0.6 is 0 Å². The minimum atomic E-state index is 0.792. The minimum Gasteiger partial charge on any atom is -0.307 e. The molecule has 0 fully saturated rings. The van der Waals surface area contributed by atoms with Crippen LogP contribution in [0.2, 0.25) is 0 Å². The summed E-state index contributed by atoms with van der Waals surface area (Å²) in [6, 6.07) is 8.17. The molecule has 88 valence electrons. The summed E-state index contributed by atoms with van der Waals surface area (Å²) in [5.74, 6) is 0. The number of aromatic nitrogens is 2. The highest BCUT2D eigenvalue weighted by Crippen LogP contribution is 2.03. The normalized spacial score (nSPS) is 10.5. The van der Waals surface area contributed by atoms with Crippen LogP contribution in [0.15, 0.2) is 36.7 Å². The Hall–Kier alpha value is -1.74. The molecule has 2 aromatic heterocycles. The predicted molar refractivity (Wildman–Crippen MR) is 68.5 cm³/mol. The van der Waals surface area contributed by atoms with E-state index in [0.717, 1.165) is 24.5 Å². The Balaban J connectivity index is 1.88. The third-order valence-electron chi connectivity index (χ3n) is 2.71. The first-order valence-corrected chi connectivity index (χ1v) is 5.78. The van der Waals surface area contributed by atoms with Crippen LogP contribution in [0.25, 0.3) is 0 Å². The molecule has 0 atom stereocenters. The van der Waals surface area contributed by atoms with Gasteiger partial charge < -0.3 is 5.32 Å². The quantitative estimate of drug-likeness (QED) is 0.871. The molecule has 0 aliphatic heterocycles. The van der Waals surface area contributed by atoms with E-state index in [-0.39, 0.29) is 0 Å². The number of aryl methyl sites for hydroxylation is 2. The minimum absolute atomic E-state index is 0.792. The molecule has 0 unspecified atom stereocenters. The Bertz CT molecular complexity index is 477. The molecule has 0 aliphatic carbocycles. The van der Waals surface area contributed by atoms with Gasteiger partial charge in [-0.25, -0.2) is 0 Å². The molecule has 0 saturated carbocycles. The molecule has 0 aliphatic rings. The molecule has 0 saturated heterocycles. The Morgan fingerprint density at radius 3 is 2.65 bits per heavy atom. The molecule has 3 heteroatoms. The maximum absolute atomic E-state index is 4.35. The molecule has 2 rings (SSSR count). The van der Waals surface area contributed by atoms with Crippen LogP contribution < -0.4 is 5.32 Å². The third-order valence-corrected chi connectivity index (χ3v) is 2.71. The van der Waals surface area contributed by atoms with E-state index >= 15 is 0 Å². The van der Waals surface area contributed by atoms with Crippen LogP contribution in [0, 0.1) is 13.8 Å². The molecule has 2 aromatic rings. The maximum Gasteiger partial charge on any atom is 0.0570 e. The van der Waals surface area contributed by atoms with Crippen molar-refractivity contribution in [2.45, 2.75) is 26.9 Å². The highest BCUT2D eigenvalue weighted by Gasteiger charge is 1.98. The smallest absolute Gasteiger partial charge is 0.0570 e. The zero-order valence-electron chi connectivity index (χ0n) is 10.3. The van der Waals surface area contributed by atoms with Gasteiger partial charge in [-0.05, 0) is 37.1 Å². The van der Waals surface area contributed by atoms with Crippen LogP contribution in [0.4, 0.5) is 0 Å². The first kappa shape index (κ1) is 11.7. The summed E-state index contributed by atoms with van der Waals surface area (Å²) in [5, 5.41) is 3.38. The Morgan fingerprint density at radius 2 is 1.94 bits per heavy atom. The monoisotopic (exact) mass is 227 g/mol. The van der Waals surface area contributed by atoms with Crippen molar-refractivity contribution in [3.63, 3.8) is 0 Å². The first-order valence-electron chi connectivity index (χ1n) is 5.78. The van der Waals surface area contributed by atoms with Crippen molar-refractivity contribution in [2.24, 2.45) is 0 Å². The number of nitrogens with zero attached hydrogens (tertiary/aromatic N) is 2. The highest BCUT2D eigenvalue weighted by atomic mass is 14.9. The standard InChI is InChI=1S/C14H17N3/c1-11-4-3-7-16-14(11)10-15-8-13-6-5-12(2)17-9-13/h3-7,9,15H,8,10H2,1-2H3. The first-order chi connectivity index (χ1) is 8.25. The predicted octanol–water partition coefficient (Wildman–Crippen LogP) is 2.38. The molecule has 17 heavy (non-hydrogen) atoms. The summed E-state index contributed by atoms with van der Waals surface area (Å²) in [4.78, 5) is 8.61. The van der Waals surface area contributed by atoms with Gasteiger partial charge in [-0.1, -0.05) is 12.1 Å². The molecule has 2 heterocycles. The van der Waals surface area contributed by atoms with E-state index in [2.05, 4.69) is 34.3 Å². The van der Waals surface area contributed by atoms with Crippen LogP contribution in [0.1, 0.15) is 22.5 Å². The summed E-state index contributed by atoms with van der Waals surface area (Å²) >= 11 is 0. The molecule has 0 amide bonds. The average Bonchev–Trinajstić information content (AvgIpc) is 2.34. The van der Waals surface area contributed by atoms with E-state index in [1.807, 2.05) is 31.5 Å². The van der Waals surface area contributed by atoms with E-state index in [9.17, 15) is 0 Å². The topological polar surface area (TPSA) is 37.8 Å². The second-order valence-electron chi connectivity index (χ2n) is 4.18. The van der Waals surface area contributed by atoms with Gasteiger partial charge in [0, 0.05) is 31.2 Å². The second kappa shape index (κ2) is 5.55. The fourth-order valence-electron chi connectivity index (χ4n) is 1.63. The number of pyridine rings is 2. The van der Waals surface area contributed by atoms with E-state index in [0.29, 0.717) is 0 Å². The van der Waals surface area contributed by atoms with Crippen molar-refractivity contribution in [1.29, 1.82) is 0 Å². The number of rotatable bonds is 4. The molecule has 0 radical (unpaired) electrons. The van der Waals surface area contributed by atoms with Crippen LogP contribution in [-0.4, -0.2) is 9.97 Å². The third kappa shape index (κ3) is 3.36. The van der Waals surface area contributed by atoms with Crippen molar-refractivity contribution in [1.82, 2.24) is 15.3 Å². The molecule has 0 spiro atoms. The maximum atomic E-state index is 4.35. The van der Waals surface area contributed by atoms with E-state index in [1.54, 1.807) is 0 Å². The lowest BCUT2D eigenvalue weighted by Crippen LogP contribution is -2.14. The molecule has 1 N–H and O–H groups in total. The molecular weight excluding hydrogens is 210 g/mol. The fourth-order valence-corrected chi connectivity index (χ4v) is 1.63. The van der Waals surface area contributed by atoms with Gasteiger partial charge in [0.15, 0.2) is 0 Å². The zero-order chi connectivity index (χ0) is 12.1. The van der Waals surface area contributed by atoms with Gasteiger partial charge in [0.05, 0.1) is 5.69 Å². The van der Waals surface area contributed by atoms with Gasteiger partial charge in [0.1, 0.15) is 0 Å². The van der Waals surface area contributed by atoms with Crippen molar-refractivity contribution in [2.75, 3.05) is 0 Å². The van der Waals surface area contributed by atoms with Crippen molar-refractivity contribution < 1.29 is 0 Å². The largest absolute Gasteiger partial charge is 0.307 e. The van der Waals surface area contributed by atoms with Gasteiger partial charge in [-0.3, -0.25) is 9.97 Å². The van der Waals surface area contributed by atoms with Crippen LogP contribution in [0.5, 0.6) is 0 Å². The molecule has 3 nitrogen and oxygen atoms in total. The molecule has 0 bridgehead atoms. The van der Waals surface area contributed by atoms with E-state index < -0.39 is 0 Å². The van der Waals surface area contributed by atoms with Gasteiger partial charge in [0.25, 0.3) is 0 Å². The van der Waals surface area contributed by atoms with E-state index in [1.165, 1.54) is 11.1 Å². The van der Waals surface area contributed by atoms with Gasteiger partial charge in [-0.2, -0.15) is 0 Å². The number of hydrogen-bond acceptors (Lipinski definition) is 3. The fraction of sp³-hybridized carbons (Fsp3) is 0.286. The van der Waals surface area contributed by atoms with Crippen molar-refractivity contribution in [3.05, 3.63) is 59.2 Å². The Morgan fingerprint density at radius 1 is 1.06 bits per heavy atom. The van der Waals surface area contributed by atoms with Crippen molar-refractivity contribution >= 4 is 0 Å². The summed E-state index contributed by atoms with van der Waals surface area (Å²) in [6.07, 6.45) is 3.74. The number of hydrogen-bond donors (Lipinski definition) is 1. The van der Waals surface area contributed by atoms with Gasteiger partial charge in [0.2, 0.25) is 0 Å². The molecular formula is C14H17N3. The van der Waals surface area contributed by atoms with Crippen LogP contribution in [0.3, 0.4) is 0 Å². The highest BCUT2D eigenvalue weighted by molar-refractivity contribution is 5.18. The summed E-state index contributed by atoms with van der Waals surface area (Å²) < 4.78 is 0. The summed E-state index contributed by atoms with van der Waals surface area (Å²) in [6.45, 7) is 5.69. The molecule has 0 aromatic carbocycles. The summed E-state index contributed by atoms with van der Waals surface area (Å²) in [7, 11) is 0. The second-order valence-corrected chi connectivity index (χ2v) is 4.18. The zero-order valence-corrected chi connectivity index (χ0v) is 10.3. The lowest BCUT2D eigenvalue weighted by atomic mass is 10.2. The Labute approximate surface area is 102 Å². The Kier molecular flexibility index (Phi) is 3.83. The number of nitrogens with one attached hydrogen (secondary N) is 1. The average molecular weight is 227 g/mol.